The molecule has 2 N–H and O–H groups in total. The van der Waals surface area contributed by atoms with Crippen molar-refractivity contribution in [3.8, 4) is 5.75 Å². The molecule has 0 spiro atoms. The molecule has 1 saturated heterocycles. The molecule has 2 aromatic rings. The first-order chi connectivity index (χ1) is 12.6. The van der Waals surface area contributed by atoms with Gasteiger partial charge in [0.15, 0.2) is 6.61 Å². The van der Waals surface area contributed by atoms with Gasteiger partial charge in [0.05, 0.1) is 5.69 Å². The van der Waals surface area contributed by atoms with Gasteiger partial charge in [-0.3, -0.25) is 19.5 Å². The van der Waals surface area contributed by atoms with E-state index < -0.39 is 5.91 Å². The van der Waals surface area contributed by atoms with Gasteiger partial charge >= 0.3 is 0 Å². The number of benzene rings is 1. The molecule has 0 radical (unpaired) electrons. The molecule has 3 rings (SSSR count). The minimum absolute atomic E-state index is 0.0177. The molecule has 26 heavy (non-hydrogen) atoms. The normalized spacial score (nSPS) is 14.8. The number of nitrogens with zero attached hydrogens (tertiary/aromatic N) is 3. The molecule has 0 bridgehead atoms. The fraction of sp³-hybridized carbons (Fsp3) is 0.316. The highest BCUT2D eigenvalue weighted by atomic mass is 16.5. The van der Waals surface area contributed by atoms with Gasteiger partial charge in [-0.2, -0.15) is 0 Å². The molecular weight excluding hydrogens is 332 g/mol. The van der Waals surface area contributed by atoms with Gasteiger partial charge in [0.1, 0.15) is 5.75 Å². The van der Waals surface area contributed by atoms with Crippen LogP contribution in [-0.2, 0) is 11.3 Å². The van der Waals surface area contributed by atoms with Crippen molar-refractivity contribution in [2.45, 2.75) is 6.54 Å². The summed E-state index contributed by atoms with van der Waals surface area (Å²) in [7, 11) is 0. The Labute approximate surface area is 152 Å². The van der Waals surface area contributed by atoms with Crippen molar-refractivity contribution in [2.75, 3.05) is 32.8 Å². The number of carbonyl (C=O) groups excluding carboxylic acids is 2. The first-order valence-electron chi connectivity index (χ1n) is 8.54. The molecule has 7 nitrogen and oxygen atoms in total. The van der Waals surface area contributed by atoms with Crippen molar-refractivity contribution in [2.24, 2.45) is 5.73 Å². The van der Waals surface area contributed by atoms with Crippen LogP contribution in [0.2, 0.25) is 0 Å². The van der Waals surface area contributed by atoms with Gasteiger partial charge in [0.2, 0.25) is 5.91 Å². The third-order valence-electron chi connectivity index (χ3n) is 4.34. The molecule has 0 atom stereocenters. The van der Waals surface area contributed by atoms with E-state index in [1.54, 1.807) is 30.5 Å². The predicted octanol–water partition coefficient (Wildman–Crippen LogP) is 0.904. The summed E-state index contributed by atoms with van der Waals surface area (Å²) >= 11 is 0. The van der Waals surface area contributed by atoms with Gasteiger partial charge in [0, 0.05) is 44.5 Å². The Hall–Kier alpha value is -2.93. The van der Waals surface area contributed by atoms with Crippen LogP contribution in [0.1, 0.15) is 16.1 Å². The van der Waals surface area contributed by atoms with Crippen molar-refractivity contribution >= 4 is 11.8 Å². The number of aromatic nitrogens is 1. The van der Waals surface area contributed by atoms with Gasteiger partial charge in [-0.15, -0.1) is 0 Å². The van der Waals surface area contributed by atoms with Crippen molar-refractivity contribution in [1.82, 2.24) is 14.8 Å². The van der Waals surface area contributed by atoms with Gasteiger partial charge in [0.25, 0.3) is 5.91 Å². The van der Waals surface area contributed by atoms with Crippen LogP contribution in [0, 0.1) is 0 Å². The second-order valence-electron chi connectivity index (χ2n) is 6.16. The number of amides is 2. The number of ether oxygens (including phenoxy) is 1. The van der Waals surface area contributed by atoms with Crippen molar-refractivity contribution in [1.29, 1.82) is 0 Å². The zero-order valence-corrected chi connectivity index (χ0v) is 14.5. The highest BCUT2D eigenvalue weighted by molar-refractivity contribution is 5.92. The predicted molar refractivity (Wildman–Crippen MR) is 96.5 cm³/mol. The van der Waals surface area contributed by atoms with Gasteiger partial charge < -0.3 is 15.4 Å². The lowest BCUT2D eigenvalue weighted by Gasteiger charge is -2.34. The topological polar surface area (TPSA) is 88.8 Å². The van der Waals surface area contributed by atoms with E-state index in [0.29, 0.717) is 24.4 Å². The molecular formula is C19H22N4O3. The summed E-state index contributed by atoms with van der Waals surface area (Å²) in [5.74, 6) is 0.00908. The summed E-state index contributed by atoms with van der Waals surface area (Å²) in [5, 5.41) is 0. The first-order valence-corrected chi connectivity index (χ1v) is 8.54. The van der Waals surface area contributed by atoms with Crippen LogP contribution in [0.25, 0.3) is 0 Å². The fourth-order valence-electron chi connectivity index (χ4n) is 2.83. The van der Waals surface area contributed by atoms with E-state index >= 15 is 0 Å². The quantitative estimate of drug-likeness (QED) is 0.833. The Morgan fingerprint density at radius 1 is 1.04 bits per heavy atom. The van der Waals surface area contributed by atoms with Gasteiger partial charge in [-0.05, 0) is 36.4 Å². The number of carbonyl (C=O) groups is 2. The van der Waals surface area contributed by atoms with E-state index in [1.165, 1.54) is 0 Å². The zero-order valence-electron chi connectivity index (χ0n) is 14.5. The van der Waals surface area contributed by atoms with E-state index in [-0.39, 0.29) is 12.5 Å². The maximum Gasteiger partial charge on any atom is 0.260 e. The van der Waals surface area contributed by atoms with Crippen LogP contribution in [-0.4, -0.2) is 59.4 Å². The summed E-state index contributed by atoms with van der Waals surface area (Å²) in [6, 6.07) is 12.3. The molecule has 0 unspecified atom stereocenters. The number of pyridine rings is 1. The minimum Gasteiger partial charge on any atom is -0.484 e. The van der Waals surface area contributed by atoms with E-state index in [0.717, 1.165) is 25.3 Å². The Morgan fingerprint density at radius 3 is 2.38 bits per heavy atom. The molecule has 1 aliphatic heterocycles. The second kappa shape index (κ2) is 8.44. The molecule has 0 saturated carbocycles. The van der Waals surface area contributed by atoms with Crippen LogP contribution in [0.15, 0.2) is 48.7 Å². The number of rotatable bonds is 6. The standard InChI is InChI=1S/C19H22N4O3/c20-19(25)15-4-6-17(7-5-15)26-14-18(24)23-11-9-22(10-12-23)13-16-3-1-2-8-21-16/h1-8H,9-14H2,(H2,20,25). The smallest absolute Gasteiger partial charge is 0.260 e. The van der Waals surface area contributed by atoms with Crippen LogP contribution in [0.3, 0.4) is 0 Å². The average molecular weight is 354 g/mol. The molecule has 136 valence electrons. The molecule has 7 heteroatoms. The Bertz CT molecular complexity index is 741. The fourth-order valence-corrected chi connectivity index (χ4v) is 2.83. The molecule has 2 amide bonds. The first kappa shape index (κ1) is 17.9. The Balaban J connectivity index is 1.42. The van der Waals surface area contributed by atoms with Crippen molar-refractivity contribution in [3.05, 3.63) is 59.9 Å². The number of nitrogens with two attached hydrogens (primary N) is 1. The number of hydrogen-bond acceptors (Lipinski definition) is 5. The van der Waals surface area contributed by atoms with E-state index in [1.807, 2.05) is 23.1 Å². The maximum atomic E-state index is 12.3. The maximum absolute atomic E-state index is 12.3. The summed E-state index contributed by atoms with van der Waals surface area (Å²) in [4.78, 5) is 31.8. The van der Waals surface area contributed by atoms with Crippen molar-refractivity contribution < 1.29 is 14.3 Å². The average Bonchev–Trinajstić information content (AvgIpc) is 2.68. The van der Waals surface area contributed by atoms with Crippen molar-refractivity contribution in [3.63, 3.8) is 0 Å². The lowest BCUT2D eigenvalue weighted by atomic mass is 10.2. The highest BCUT2D eigenvalue weighted by Gasteiger charge is 2.21. The monoisotopic (exact) mass is 354 g/mol. The highest BCUT2D eigenvalue weighted by Crippen LogP contribution is 2.13. The molecule has 1 aliphatic rings. The van der Waals surface area contributed by atoms with E-state index in [4.69, 9.17) is 10.5 Å². The van der Waals surface area contributed by atoms with E-state index in [2.05, 4.69) is 9.88 Å². The SMILES string of the molecule is NC(=O)c1ccc(OCC(=O)N2CCN(Cc3ccccn3)CC2)cc1. The molecule has 0 aliphatic carbocycles. The van der Waals surface area contributed by atoms with E-state index in [9.17, 15) is 9.59 Å². The summed E-state index contributed by atoms with van der Waals surface area (Å²) in [6.45, 7) is 3.76. The summed E-state index contributed by atoms with van der Waals surface area (Å²) in [5.41, 5.74) is 6.64. The third kappa shape index (κ3) is 4.80. The largest absolute Gasteiger partial charge is 0.484 e. The summed E-state index contributed by atoms with van der Waals surface area (Å²) in [6.07, 6.45) is 1.79. The van der Waals surface area contributed by atoms with Crippen LogP contribution in [0.5, 0.6) is 5.75 Å². The van der Waals surface area contributed by atoms with Crippen LogP contribution < -0.4 is 10.5 Å². The number of hydrogen-bond donors (Lipinski definition) is 1. The number of primary amides is 1. The molecule has 1 fully saturated rings. The van der Waals surface area contributed by atoms with Gasteiger partial charge in [-0.25, -0.2) is 0 Å². The molecule has 2 heterocycles. The second-order valence-corrected chi connectivity index (χ2v) is 6.16. The van der Waals surface area contributed by atoms with Gasteiger partial charge in [-0.1, -0.05) is 6.07 Å². The van der Waals surface area contributed by atoms with Crippen LogP contribution >= 0.6 is 0 Å². The third-order valence-corrected chi connectivity index (χ3v) is 4.34. The minimum atomic E-state index is -0.490. The molecule has 1 aromatic carbocycles. The molecule has 1 aromatic heterocycles. The Morgan fingerprint density at radius 2 is 1.77 bits per heavy atom. The lowest BCUT2D eigenvalue weighted by Crippen LogP contribution is -2.49. The number of piperazine rings is 1. The summed E-state index contributed by atoms with van der Waals surface area (Å²) < 4.78 is 5.51. The zero-order chi connectivity index (χ0) is 18.4. The Kier molecular flexibility index (Phi) is 5.80. The lowest BCUT2D eigenvalue weighted by molar-refractivity contribution is -0.135. The van der Waals surface area contributed by atoms with Crippen LogP contribution in [0.4, 0.5) is 0 Å².